The molecular formula is C15H11F3N4O2S. The largest absolute Gasteiger partial charge is 0.470 e. The third kappa shape index (κ3) is 3.85. The summed E-state index contributed by atoms with van der Waals surface area (Å²) in [6.45, 7) is 0. The van der Waals surface area contributed by atoms with Crippen LogP contribution in [-0.2, 0) is 15.9 Å². The number of hydrogen-bond donors (Lipinski definition) is 0. The van der Waals surface area contributed by atoms with Gasteiger partial charge in [-0.15, -0.1) is 10.2 Å². The summed E-state index contributed by atoms with van der Waals surface area (Å²) in [4.78, 5) is 4.03. The Labute approximate surface area is 140 Å². The molecule has 1 atom stereocenters. The first-order valence-corrected chi connectivity index (χ1v) is 8.82. The maximum atomic E-state index is 12.6. The lowest BCUT2D eigenvalue weighted by atomic mass is 10.2. The predicted octanol–water partition coefficient (Wildman–Crippen LogP) is 3.94. The van der Waals surface area contributed by atoms with Crippen LogP contribution in [-0.4, -0.2) is 25.6 Å². The summed E-state index contributed by atoms with van der Waals surface area (Å²) >= 11 is 0. The average molecular weight is 368 g/mol. The van der Waals surface area contributed by atoms with Crippen LogP contribution in [0.15, 0.2) is 62.5 Å². The molecular weight excluding hydrogens is 357 g/mol. The van der Waals surface area contributed by atoms with Gasteiger partial charge in [0.2, 0.25) is 5.89 Å². The summed E-state index contributed by atoms with van der Waals surface area (Å²) in [5.74, 6) is -1.68. The zero-order valence-corrected chi connectivity index (χ0v) is 13.6. The van der Waals surface area contributed by atoms with Gasteiger partial charge in [-0.3, -0.25) is 0 Å². The summed E-state index contributed by atoms with van der Waals surface area (Å²) in [6.07, 6.45) is -1.72. The van der Waals surface area contributed by atoms with Crippen LogP contribution in [0.2, 0.25) is 0 Å². The maximum Gasteiger partial charge on any atom is 0.470 e. The van der Waals surface area contributed by atoms with Crippen molar-refractivity contribution in [1.29, 1.82) is 0 Å². The van der Waals surface area contributed by atoms with Gasteiger partial charge in [-0.25, -0.2) is 9.19 Å². The predicted molar refractivity (Wildman–Crippen MR) is 83.4 cm³/mol. The maximum absolute atomic E-state index is 12.6. The van der Waals surface area contributed by atoms with Crippen LogP contribution in [0.4, 0.5) is 18.9 Å². The van der Waals surface area contributed by atoms with Gasteiger partial charge in [0.1, 0.15) is 5.03 Å². The van der Waals surface area contributed by atoms with Crippen molar-refractivity contribution in [2.45, 2.75) is 11.2 Å². The molecule has 6 nitrogen and oxygen atoms in total. The molecule has 1 unspecified atom stereocenters. The first kappa shape index (κ1) is 17.1. The average Bonchev–Trinajstić information content (AvgIpc) is 3.06. The highest BCUT2D eigenvalue weighted by Gasteiger charge is 2.38. The number of hydrogen-bond acceptors (Lipinski definition) is 6. The molecule has 130 valence electrons. The van der Waals surface area contributed by atoms with Gasteiger partial charge in [0.15, 0.2) is 0 Å². The van der Waals surface area contributed by atoms with Gasteiger partial charge < -0.3 is 4.42 Å². The Morgan fingerprint density at radius 1 is 1.08 bits per heavy atom. The molecule has 1 aromatic carbocycles. The summed E-state index contributed by atoms with van der Waals surface area (Å²) in [6, 6.07) is 10.9. The number of rotatable bonds is 3. The van der Waals surface area contributed by atoms with Crippen molar-refractivity contribution in [2.75, 3.05) is 6.26 Å². The molecule has 2 aromatic heterocycles. The van der Waals surface area contributed by atoms with E-state index in [4.69, 9.17) is 0 Å². The van der Waals surface area contributed by atoms with Crippen molar-refractivity contribution in [3.05, 3.63) is 54.6 Å². The zero-order valence-electron chi connectivity index (χ0n) is 12.8. The van der Waals surface area contributed by atoms with E-state index in [2.05, 4.69) is 24.0 Å². The van der Waals surface area contributed by atoms with Crippen LogP contribution in [0.3, 0.4) is 0 Å². The van der Waals surface area contributed by atoms with Gasteiger partial charge in [-0.05, 0) is 36.4 Å². The van der Waals surface area contributed by atoms with Gasteiger partial charge in [0.05, 0.1) is 15.4 Å². The van der Waals surface area contributed by atoms with E-state index in [0.717, 1.165) is 0 Å². The number of pyridine rings is 1. The first-order chi connectivity index (χ1) is 11.8. The number of aromatic nitrogens is 3. The number of alkyl halides is 3. The van der Waals surface area contributed by atoms with Gasteiger partial charge in [0, 0.05) is 18.0 Å². The molecule has 0 aliphatic carbocycles. The molecule has 0 amide bonds. The van der Waals surface area contributed by atoms with Crippen molar-refractivity contribution >= 4 is 15.4 Å². The minimum Gasteiger partial charge on any atom is -0.413 e. The van der Waals surface area contributed by atoms with E-state index in [0.29, 0.717) is 16.3 Å². The fourth-order valence-electron chi connectivity index (χ4n) is 1.94. The van der Waals surface area contributed by atoms with E-state index in [1.54, 1.807) is 18.2 Å². The van der Waals surface area contributed by atoms with E-state index in [1.165, 1.54) is 36.7 Å². The number of halogens is 3. The smallest absolute Gasteiger partial charge is 0.413 e. The van der Waals surface area contributed by atoms with Crippen LogP contribution in [0.25, 0.3) is 11.5 Å². The molecule has 3 rings (SSSR count). The van der Waals surface area contributed by atoms with E-state index >= 15 is 0 Å². The summed E-state index contributed by atoms with van der Waals surface area (Å²) < 4.78 is 58.8. The second-order valence-electron chi connectivity index (χ2n) is 5.02. The SMILES string of the molecule is CS(=O)(=Nc1ccc(-c2nnc(C(F)(F)F)o2)cc1)c1ccccn1. The van der Waals surface area contributed by atoms with E-state index in [-0.39, 0.29) is 5.89 Å². The number of benzene rings is 1. The van der Waals surface area contributed by atoms with Crippen LogP contribution in [0, 0.1) is 0 Å². The third-order valence-corrected chi connectivity index (χ3v) is 4.66. The second-order valence-corrected chi connectivity index (χ2v) is 7.22. The van der Waals surface area contributed by atoms with Crippen molar-refractivity contribution in [1.82, 2.24) is 15.2 Å². The normalized spacial score (nSPS) is 14.1. The topological polar surface area (TPSA) is 81.2 Å². The van der Waals surface area contributed by atoms with Gasteiger partial charge in [0.25, 0.3) is 0 Å². The van der Waals surface area contributed by atoms with Crippen molar-refractivity contribution in [3.63, 3.8) is 0 Å². The van der Waals surface area contributed by atoms with E-state index in [1.807, 2.05) is 0 Å². The molecule has 0 radical (unpaired) electrons. The van der Waals surface area contributed by atoms with Crippen LogP contribution in [0.1, 0.15) is 5.89 Å². The molecule has 0 fully saturated rings. The first-order valence-electron chi connectivity index (χ1n) is 6.90. The lowest BCUT2D eigenvalue weighted by Gasteiger charge is -2.03. The van der Waals surface area contributed by atoms with E-state index < -0.39 is 21.8 Å². The molecule has 25 heavy (non-hydrogen) atoms. The standard InChI is InChI=1S/C15H11F3N4O2S/c1-25(23,12-4-2-3-9-19-12)22-11-7-5-10(6-8-11)13-20-21-14(24-13)15(16,17)18/h2-9H,1H3. The highest BCUT2D eigenvalue weighted by Crippen LogP contribution is 2.31. The zero-order chi connectivity index (χ0) is 18.1. The lowest BCUT2D eigenvalue weighted by molar-refractivity contribution is -0.156. The molecule has 0 saturated carbocycles. The fraction of sp³-hybridized carbons (Fsp3) is 0.133. The van der Waals surface area contributed by atoms with Crippen molar-refractivity contribution in [3.8, 4) is 11.5 Å². The Kier molecular flexibility index (Phi) is 4.29. The summed E-state index contributed by atoms with van der Waals surface area (Å²) in [5.41, 5.74) is 0.680. The Bertz CT molecular complexity index is 992. The molecule has 0 aliphatic heterocycles. The lowest BCUT2D eigenvalue weighted by Crippen LogP contribution is -2.04. The third-order valence-electron chi connectivity index (χ3n) is 3.09. The Balaban J connectivity index is 1.89. The van der Waals surface area contributed by atoms with Crippen LogP contribution < -0.4 is 0 Å². The minimum absolute atomic E-state index is 0.263. The van der Waals surface area contributed by atoms with Gasteiger partial charge in [-0.1, -0.05) is 6.07 Å². The Morgan fingerprint density at radius 2 is 1.80 bits per heavy atom. The highest BCUT2D eigenvalue weighted by atomic mass is 32.2. The Hall–Kier alpha value is -2.75. The van der Waals surface area contributed by atoms with Crippen molar-refractivity contribution < 1.29 is 21.8 Å². The quantitative estimate of drug-likeness (QED) is 0.699. The van der Waals surface area contributed by atoms with Gasteiger partial charge >= 0.3 is 12.1 Å². The monoisotopic (exact) mass is 368 g/mol. The second kappa shape index (κ2) is 6.28. The summed E-state index contributed by atoms with van der Waals surface area (Å²) in [7, 11) is -2.74. The fourth-order valence-corrected chi connectivity index (χ4v) is 3.14. The molecule has 0 spiro atoms. The molecule has 0 saturated heterocycles. The molecule has 0 aliphatic rings. The van der Waals surface area contributed by atoms with E-state index in [9.17, 15) is 17.4 Å². The molecule has 10 heteroatoms. The highest BCUT2D eigenvalue weighted by molar-refractivity contribution is 7.93. The molecule has 0 bridgehead atoms. The van der Waals surface area contributed by atoms with Crippen LogP contribution >= 0.6 is 0 Å². The number of nitrogens with zero attached hydrogens (tertiary/aromatic N) is 4. The Morgan fingerprint density at radius 3 is 2.36 bits per heavy atom. The molecule has 2 heterocycles. The minimum atomic E-state index is -4.70. The molecule has 0 N–H and O–H groups in total. The molecule has 3 aromatic rings. The van der Waals surface area contributed by atoms with Gasteiger partial charge in [-0.2, -0.15) is 17.5 Å². The van der Waals surface area contributed by atoms with Crippen LogP contribution in [0.5, 0.6) is 0 Å². The van der Waals surface area contributed by atoms with Crippen molar-refractivity contribution in [2.24, 2.45) is 4.36 Å². The summed E-state index contributed by atoms with van der Waals surface area (Å²) in [5, 5.41) is 6.68.